The Morgan fingerprint density at radius 3 is 2.84 bits per heavy atom. The van der Waals surface area contributed by atoms with Crippen molar-refractivity contribution < 1.29 is 4.39 Å². The Bertz CT molecular complexity index is 649. The van der Waals surface area contributed by atoms with E-state index in [4.69, 9.17) is 5.26 Å². The third-order valence-corrected chi connectivity index (χ3v) is 4.05. The van der Waals surface area contributed by atoms with Crippen LogP contribution in [0.4, 0.5) is 4.39 Å². The molecule has 1 aliphatic carbocycles. The third kappa shape index (κ3) is 7.43. The maximum atomic E-state index is 13.8. The molecule has 0 spiro atoms. The van der Waals surface area contributed by atoms with Crippen molar-refractivity contribution in [3.8, 4) is 6.07 Å². The highest BCUT2D eigenvalue weighted by atomic mass is 127. The third-order valence-electron chi connectivity index (χ3n) is 4.05. The Morgan fingerprint density at radius 1 is 1.32 bits per heavy atom. The smallest absolute Gasteiger partial charge is 0.191 e. The molecule has 0 fully saturated rings. The topological polar surface area (TPSA) is 60.2 Å². The molecule has 136 valence electrons. The minimum atomic E-state index is -0.332. The molecule has 1 aromatic rings. The fourth-order valence-corrected chi connectivity index (χ4v) is 2.74. The molecule has 25 heavy (non-hydrogen) atoms. The van der Waals surface area contributed by atoms with Gasteiger partial charge in [-0.2, -0.15) is 5.26 Å². The van der Waals surface area contributed by atoms with Gasteiger partial charge in [-0.15, -0.1) is 24.0 Å². The molecule has 0 saturated carbocycles. The molecule has 2 N–H and O–H groups in total. The molecule has 0 aromatic heterocycles. The van der Waals surface area contributed by atoms with Crippen molar-refractivity contribution in [1.29, 1.82) is 5.26 Å². The molecule has 0 atom stereocenters. The average molecular weight is 456 g/mol. The fourth-order valence-electron chi connectivity index (χ4n) is 2.74. The lowest BCUT2D eigenvalue weighted by molar-refractivity contribution is 0.610. The number of allylic oxidation sites excluding steroid dienone is 1. The molecular formula is C19H26FIN4. The van der Waals surface area contributed by atoms with Gasteiger partial charge >= 0.3 is 0 Å². The summed E-state index contributed by atoms with van der Waals surface area (Å²) in [7, 11) is 0. The fraction of sp³-hybridized carbons (Fsp3) is 0.474. The average Bonchev–Trinajstić information content (AvgIpc) is 2.61. The van der Waals surface area contributed by atoms with Crippen molar-refractivity contribution in [2.45, 2.75) is 45.6 Å². The number of halogens is 2. The van der Waals surface area contributed by atoms with Crippen molar-refractivity contribution in [1.82, 2.24) is 10.6 Å². The van der Waals surface area contributed by atoms with Crippen LogP contribution in [0.15, 0.2) is 34.8 Å². The number of aliphatic imine (C=N–C) groups is 1. The standard InChI is InChI=1S/C19H25FN4.HI/c1-2-22-19(23-11-10-15-6-4-3-5-7-15)24-14-17-12-16(13-21)8-9-18(17)20;/h6,8-9,12H,2-5,7,10-11,14H2,1H3,(H2,22,23,24);1H. The van der Waals surface area contributed by atoms with Gasteiger partial charge in [0, 0.05) is 18.7 Å². The Kier molecular flexibility index (Phi) is 10.2. The molecule has 4 nitrogen and oxygen atoms in total. The number of benzene rings is 1. The normalized spacial score (nSPS) is 14.1. The number of hydrogen-bond acceptors (Lipinski definition) is 2. The van der Waals surface area contributed by atoms with Crippen LogP contribution in [0.3, 0.4) is 0 Å². The first kappa shape index (κ1) is 21.4. The Morgan fingerprint density at radius 2 is 2.16 bits per heavy atom. The van der Waals surface area contributed by atoms with Crippen LogP contribution < -0.4 is 10.6 Å². The molecule has 0 unspecified atom stereocenters. The van der Waals surface area contributed by atoms with Crippen molar-refractivity contribution in [3.63, 3.8) is 0 Å². The summed E-state index contributed by atoms with van der Waals surface area (Å²) in [5, 5.41) is 15.4. The summed E-state index contributed by atoms with van der Waals surface area (Å²) in [5.74, 6) is 0.344. The van der Waals surface area contributed by atoms with E-state index in [0.29, 0.717) is 17.1 Å². The van der Waals surface area contributed by atoms with Gasteiger partial charge < -0.3 is 10.6 Å². The maximum absolute atomic E-state index is 13.8. The van der Waals surface area contributed by atoms with Crippen molar-refractivity contribution in [2.24, 2.45) is 4.99 Å². The summed E-state index contributed by atoms with van der Waals surface area (Å²) in [6.45, 7) is 3.77. The van der Waals surface area contributed by atoms with Gasteiger partial charge in [-0.05, 0) is 57.2 Å². The number of hydrogen-bond donors (Lipinski definition) is 2. The molecule has 1 aliphatic rings. The largest absolute Gasteiger partial charge is 0.357 e. The predicted octanol–water partition coefficient (Wildman–Crippen LogP) is 4.26. The van der Waals surface area contributed by atoms with E-state index in [2.05, 4.69) is 21.7 Å². The van der Waals surface area contributed by atoms with Gasteiger partial charge in [-0.25, -0.2) is 9.38 Å². The summed E-state index contributed by atoms with van der Waals surface area (Å²) in [5.41, 5.74) is 2.39. The molecule has 0 aliphatic heterocycles. The summed E-state index contributed by atoms with van der Waals surface area (Å²) in [6.07, 6.45) is 8.34. The SMILES string of the molecule is CCNC(=NCc1cc(C#N)ccc1F)NCCC1=CCCCC1.I. The molecule has 0 bridgehead atoms. The van der Waals surface area contributed by atoms with Crippen LogP contribution >= 0.6 is 24.0 Å². The van der Waals surface area contributed by atoms with Gasteiger partial charge in [0.15, 0.2) is 5.96 Å². The van der Waals surface area contributed by atoms with Gasteiger partial charge in [0.1, 0.15) is 5.82 Å². The van der Waals surface area contributed by atoms with Gasteiger partial charge in [-0.3, -0.25) is 0 Å². The van der Waals surface area contributed by atoms with Gasteiger partial charge in [0.2, 0.25) is 0 Å². The number of nitrogens with one attached hydrogen (secondary N) is 2. The molecule has 0 saturated heterocycles. The molecule has 1 aromatic carbocycles. The summed E-state index contributed by atoms with van der Waals surface area (Å²) >= 11 is 0. The maximum Gasteiger partial charge on any atom is 0.191 e. The molecule has 6 heteroatoms. The van der Waals surface area contributed by atoms with Crippen LogP contribution in [0.2, 0.25) is 0 Å². The second-order valence-corrected chi connectivity index (χ2v) is 5.90. The van der Waals surface area contributed by atoms with Crippen LogP contribution in [-0.4, -0.2) is 19.0 Å². The minimum absolute atomic E-state index is 0. The van der Waals surface area contributed by atoms with Crippen molar-refractivity contribution in [2.75, 3.05) is 13.1 Å². The first-order valence-electron chi connectivity index (χ1n) is 8.61. The van der Waals surface area contributed by atoms with Crippen molar-refractivity contribution in [3.05, 3.63) is 46.8 Å². The van der Waals surface area contributed by atoms with Crippen LogP contribution in [0.1, 0.15) is 50.2 Å². The highest BCUT2D eigenvalue weighted by Crippen LogP contribution is 2.19. The molecule has 0 amide bonds. The van der Waals surface area contributed by atoms with Crippen LogP contribution in [0.5, 0.6) is 0 Å². The monoisotopic (exact) mass is 456 g/mol. The van der Waals surface area contributed by atoms with E-state index < -0.39 is 0 Å². The number of nitrogens with zero attached hydrogens (tertiary/aromatic N) is 2. The van der Waals surface area contributed by atoms with Gasteiger partial charge in [-0.1, -0.05) is 11.6 Å². The molecule has 0 heterocycles. The summed E-state index contributed by atoms with van der Waals surface area (Å²) in [4.78, 5) is 4.43. The van der Waals surface area contributed by atoms with Gasteiger partial charge in [0.25, 0.3) is 0 Å². The summed E-state index contributed by atoms with van der Waals surface area (Å²) in [6, 6.07) is 6.37. The highest BCUT2D eigenvalue weighted by Gasteiger charge is 2.06. The predicted molar refractivity (Wildman–Crippen MR) is 111 cm³/mol. The minimum Gasteiger partial charge on any atom is -0.357 e. The van der Waals surface area contributed by atoms with E-state index in [0.717, 1.165) is 19.5 Å². The van der Waals surface area contributed by atoms with Gasteiger partial charge in [0.05, 0.1) is 18.2 Å². The van der Waals surface area contributed by atoms with Crippen LogP contribution in [0.25, 0.3) is 0 Å². The Hall–Kier alpha value is -1.62. The van der Waals surface area contributed by atoms with E-state index in [1.165, 1.54) is 43.4 Å². The zero-order chi connectivity index (χ0) is 17.2. The second kappa shape index (κ2) is 11.9. The van der Waals surface area contributed by atoms with E-state index in [1.54, 1.807) is 6.07 Å². The quantitative estimate of drug-likeness (QED) is 0.291. The molecule has 0 radical (unpaired) electrons. The lowest BCUT2D eigenvalue weighted by Gasteiger charge is -2.15. The van der Waals surface area contributed by atoms with E-state index in [9.17, 15) is 4.39 Å². The molecule has 2 rings (SSSR count). The van der Waals surface area contributed by atoms with Crippen LogP contribution in [0, 0.1) is 17.1 Å². The van der Waals surface area contributed by atoms with Crippen molar-refractivity contribution >= 4 is 29.9 Å². The lowest BCUT2D eigenvalue weighted by atomic mass is 9.97. The zero-order valence-corrected chi connectivity index (χ0v) is 17.0. The van der Waals surface area contributed by atoms with Crippen LogP contribution in [-0.2, 0) is 6.54 Å². The molecular weight excluding hydrogens is 430 g/mol. The first-order valence-corrected chi connectivity index (χ1v) is 8.61. The van der Waals surface area contributed by atoms with E-state index in [-0.39, 0.29) is 36.3 Å². The second-order valence-electron chi connectivity index (χ2n) is 5.90. The van der Waals surface area contributed by atoms with E-state index >= 15 is 0 Å². The number of guanidine groups is 1. The number of nitriles is 1. The number of rotatable bonds is 6. The Balaban J connectivity index is 0.00000312. The summed E-state index contributed by atoms with van der Waals surface area (Å²) < 4.78 is 13.8. The zero-order valence-electron chi connectivity index (χ0n) is 14.6. The highest BCUT2D eigenvalue weighted by molar-refractivity contribution is 14.0. The lowest BCUT2D eigenvalue weighted by Crippen LogP contribution is -2.37. The first-order chi connectivity index (χ1) is 11.7. The van der Waals surface area contributed by atoms with E-state index in [1.807, 2.05) is 13.0 Å². The Labute approximate surface area is 166 Å².